The average Bonchev–Trinajstić information content (AvgIpc) is 2.34. The highest BCUT2D eigenvalue weighted by Crippen LogP contribution is 2.23. The van der Waals surface area contributed by atoms with E-state index in [1.165, 1.54) is 0 Å². The minimum absolute atomic E-state index is 0.0579. The Morgan fingerprint density at radius 2 is 1.94 bits per heavy atom. The third-order valence-corrected chi connectivity index (χ3v) is 3.21. The second kappa shape index (κ2) is 6.76. The van der Waals surface area contributed by atoms with Crippen molar-refractivity contribution < 1.29 is 4.79 Å². The Hall–Kier alpha value is -1.06. The summed E-state index contributed by atoms with van der Waals surface area (Å²) in [7, 11) is 0. The molecule has 0 aromatic heterocycles. The number of amides is 1. The molecule has 3 nitrogen and oxygen atoms in total. The van der Waals surface area contributed by atoms with Gasteiger partial charge in [0.25, 0.3) is 0 Å². The first-order valence-corrected chi connectivity index (χ1v) is 6.56. The first-order chi connectivity index (χ1) is 8.45. The van der Waals surface area contributed by atoms with Crippen molar-refractivity contribution in [2.75, 3.05) is 13.1 Å². The van der Waals surface area contributed by atoms with Crippen molar-refractivity contribution in [3.8, 4) is 0 Å². The highest BCUT2D eigenvalue weighted by atomic mass is 35.5. The molecule has 0 saturated carbocycles. The fourth-order valence-corrected chi connectivity index (χ4v) is 1.80. The molecule has 0 radical (unpaired) electrons. The third-order valence-electron chi connectivity index (χ3n) is 2.96. The van der Waals surface area contributed by atoms with E-state index in [0.29, 0.717) is 19.5 Å². The molecule has 1 aromatic carbocycles. The van der Waals surface area contributed by atoms with E-state index in [0.717, 1.165) is 17.0 Å². The predicted molar refractivity (Wildman–Crippen MR) is 75.8 cm³/mol. The minimum atomic E-state index is -0.108. The largest absolute Gasteiger partial charge is 0.355 e. The topological polar surface area (TPSA) is 55.1 Å². The lowest BCUT2D eigenvalue weighted by Crippen LogP contribution is -2.36. The maximum Gasteiger partial charge on any atom is 0.220 e. The second-order valence-corrected chi connectivity index (χ2v) is 5.50. The van der Waals surface area contributed by atoms with Crippen LogP contribution in [0, 0.1) is 0 Å². The van der Waals surface area contributed by atoms with Crippen LogP contribution >= 0.6 is 11.6 Å². The summed E-state index contributed by atoms with van der Waals surface area (Å²) < 4.78 is 0. The number of nitrogens with two attached hydrogens (primary N) is 1. The Morgan fingerprint density at radius 3 is 2.50 bits per heavy atom. The van der Waals surface area contributed by atoms with E-state index in [2.05, 4.69) is 19.2 Å². The SMILES string of the molecule is CC(C)(CNC(=O)CCCN)c1ccc(Cl)cc1. The number of benzene rings is 1. The molecule has 0 heterocycles. The number of carbonyl (C=O) groups is 1. The molecule has 1 amide bonds. The number of nitrogens with one attached hydrogen (secondary N) is 1. The Kier molecular flexibility index (Phi) is 5.63. The lowest BCUT2D eigenvalue weighted by Gasteiger charge is -2.25. The van der Waals surface area contributed by atoms with Crippen molar-refractivity contribution in [3.63, 3.8) is 0 Å². The molecule has 0 spiro atoms. The first-order valence-electron chi connectivity index (χ1n) is 6.18. The predicted octanol–water partition coefficient (Wildman–Crippen LogP) is 2.47. The zero-order valence-corrected chi connectivity index (χ0v) is 11.8. The summed E-state index contributed by atoms with van der Waals surface area (Å²) in [6, 6.07) is 7.73. The Morgan fingerprint density at radius 1 is 1.33 bits per heavy atom. The van der Waals surface area contributed by atoms with E-state index >= 15 is 0 Å². The van der Waals surface area contributed by atoms with Crippen LogP contribution in [-0.4, -0.2) is 19.0 Å². The molecule has 4 heteroatoms. The molecule has 0 aliphatic rings. The number of hydrogen-bond donors (Lipinski definition) is 2. The third kappa shape index (κ3) is 4.67. The van der Waals surface area contributed by atoms with Gasteiger partial charge in [0.05, 0.1) is 0 Å². The van der Waals surface area contributed by atoms with Crippen molar-refractivity contribution in [1.82, 2.24) is 5.32 Å². The first kappa shape index (κ1) is 15.0. The van der Waals surface area contributed by atoms with Crippen molar-refractivity contribution >= 4 is 17.5 Å². The van der Waals surface area contributed by atoms with Crippen LogP contribution in [0.2, 0.25) is 5.02 Å². The van der Waals surface area contributed by atoms with Crippen LogP contribution < -0.4 is 11.1 Å². The molecule has 0 atom stereocenters. The van der Waals surface area contributed by atoms with E-state index in [4.69, 9.17) is 17.3 Å². The second-order valence-electron chi connectivity index (χ2n) is 5.06. The lowest BCUT2D eigenvalue weighted by molar-refractivity contribution is -0.121. The van der Waals surface area contributed by atoms with Crippen LogP contribution in [0.5, 0.6) is 0 Å². The van der Waals surface area contributed by atoms with Gasteiger partial charge in [0.15, 0.2) is 0 Å². The standard InChI is InChI=1S/C14H21ClN2O/c1-14(2,10-17-13(18)4-3-9-16)11-5-7-12(15)8-6-11/h5-8H,3-4,9-10,16H2,1-2H3,(H,17,18). The van der Waals surface area contributed by atoms with Gasteiger partial charge in [0.1, 0.15) is 0 Å². The number of rotatable bonds is 6. The van der Waals surface area contributed by atoms with Gasteiger partial charge >= 0.3 is 0 Å². The van der Waals surface area contributed by atoms with Crippen LogP contribution in [0.1, 0.15) is 32.3 Å². The fourth-order valence-electron chi connectivity index (χ4n) is 1.67. The van der Waals surface area contributed by atoms with Crippen LogP contribution in [0.15, 0.2) is 24.3 Å². The zero-order chi connectivity index (χ0) is 13.6. The zero-order valence-electron chi connectivity index (χ0n) is 11.0. The summed E-state index contributed by atoms with van der Waals surface area (Å²) in [4.78, 5) is 11.5. The molecule has 3 N–H and O–H groups in total. The maximum atomic E-state index is 11.5. The van der Waals surface area contributed by atoms with Crippen LogP contribution in [0.25, 0.3) is 0 Å². The van der Waals surface area contributed by atoms with Crippen LogP contribution in [0.4, 0.5) is 0 Å². The summed E-state index contributed by atoms with van der Waals surface area (Å²) >= 11 is 5.86. The Bertz CT molecular complexity index is 387. The van der Waals surface area contributed by atoms with Gasteiger partial charge in [-0.3, -0.25) is 4.79 Å². The molecule has 18 heavy (non-hydrogen) atoms. The summed E-state index contributed by atoms with van der Waals surface area (Å²) in [6.07, 6.45) is 1.22. The molecule has 0 bridgehead atoms. The minimum Gasteiger partial charge on any atom is -0.355 e. The van der Waals surface area contributed by atoms with Crippen molar-refractivity contribution in [2.24, 2.45) is 5.73 Å². The smallest absolute Gasteiger partial charge is 0.220 e. The van der Waals surface area contributed by atoms with Gasteiger partial charge in [-0.2, -0.15) is 0 Å². The van der Waals surface area contributed by atoms with E-state index < -0.39 is 0 Å². The average molecular weight is 269 g/mol. The lowest BCUT2D eigenvalue weighted by atomic mass is 9.84. The highest BCUT2D eigenvalue weighted by Gasteiger charge is 2.21. The Balaban J connectivity index is 2.54. The monoisotopic (exact) mass is 268 g/mol. The van der Waals surface area contributed by atoms with Crippen molar-refractivity contribution in [1.29, 1.82) is 0 Å². The normalized spacial score (nSPS) is 11.3. The van der Waals surface area contributed by atoms with Crippen molar-refractivity contribution in [2.45, 2.75) is 32.1 Å². The van der Waals surface area contributed by atoms with Gasteiger partial charge in [-0.25, -0.2) is 0 Å². The number of hydrogen-bond acceptors (Lipinski definition) is 2. The maximum absolute atomic E-state index is 11.5. The van der Waals surface area contributed by atoms with Gasteiger partial charge in [0, 0.05) is 23.4 Å². The molecule has 0 aliphatic carbocycles. The molecular formula is C14H21ClN2O. The van der Waals surface area contributed by atoms with Gasteiger partial charge in [-0.1, -0.05) is 37.6 Å². The van der Waals surface area contributed by atoms with Gasteiger partial charge in [0.2, 0.25) is 5.91 Å². The molecule has 1 rings (SSSR count). The molecular weight excluding hydrogens is 248 g/mol. The molecule has 0 fully saturated rings. The summed E-state index contributed by atoms with van der Waals surface area (Å²) in [5, 5.41) is 3.67. The van der Waals surface area contributed by atoms with Crippen LogP contribution in [0.3, 0.4) is 0 Å². The van der Waals surface area contributed by atoms with Gasteiger partial charge in [-0.05, 0) is 30.7 Å². The summed E-state index contributed by atoms with van der Waals surface area (Å²) in [5.74, 6) is 0.0579. The van der Waals surface area contributed by atoms with E-state index in [9.17, 15) is 4.79 Å². The molecule has 0 aliphatic heterocycles. The Labute approximate surface area is 114 Å². The molecule has 100 valence electrons. The van der Waals surface area contributed by atoms with Gasteiger partial charge < -0.3 is 11.1 Å². The summed E-state index contributed by atoms with van der Waals surface area (Å²) in [6.45, 7) is 5.35. The van der Waals surface area contributed by atoms with E-state index in [1.54, 1.807) is 0 Å². The van der Waals surface area contributed by atoms with E-state index in [-0.39, 0.29) is 11.3 Å². The van der Waals surface area contributed by atoms with Gasteiger partial charge in [-0.15, -0.1) is 0 Å². The number of halogens is 1. The number of carbonyl (C=O) groups excluding carboxylic acids is 1. The van der Waals surface area contributed by atoms with Crippen LogP contribution in [-0.2, 0) is 10.2 Å². The molecule has 0 saturated heterocycles. The highest BCUT2D eigenvalue weighted by molar-refractivity contribution is 6.30. The molecule has 1 aromatic rings. The fraction of sp³-hybridized carbons (Fsp3) is 0.500. The van der Waals surface area contributed by atoms with Crippen molar-refractivity contribution in [3.05, 3.63) is 34.9 Å². The quantitative estimate of drug-likeness (QED) is 0.833. The molecule has 0 unspecified atom stereocenters. The summed E-state index contributed by atoms with van der Waals surface area (Å²) in [5.41, 5.74) is 6.42. The van der Waals surface area contributed by atoms with E-state index in [1.807, 2.05) is 24.3 Å².